The van der Waals surface area contributed by atoms with E-state index in [1.54, 1.807) is 0 Å². The molecule has 2 fully saturated rings. The number of hydrogen-bond acceptors (Lipinski definition) is 3. The van der Waals surface area contributed by atoms with Crippen LogP contribution in [0.5, 0.6) is 0 Å². The van der Waals surface area contributed by atoms with Gasteiger partial charge in [0.05, 0.1) is 6.10 Å². The third-order valence-corrected chi connectivity index (χ3v) is 5.41. The van der Waals surface area contributed by atoms with E-state index >= 15 is 0 Å². The molecular weight excluding hydrogens is 242 g/mol. The molecule has 2 nitrogen and oxygen atoms in total. The average Bonchev–Trinajstić information content (AvgIpc) is 2.92. The highest BCUT2D eigenvalue weighted by Crippen LogP contribution is 2.38. The molecule has 106 valence electrons. The average molecular weight is 271 g/mol. The van der Waals surface area contributed by atoms with Gasteiger partial charge in [-0.05, 0) is 43.4 Å². The molecule has 2 rings (SSSR count). The Morgan fingerprint density at radius 3 is 2.56 bits per heavy atom. The van der Waals surface area contributed by atoms with Gasteiger partial charge in [0.15, 0.2) is 0 Å². The minimum atomic E-state index is 0.482. The molecule has 18 heavy (non-hydrogen) atoms. The second-order valence-electron chi connectivity index (χ2n) is 6.18. The van der Waals surface area contributed by atoms with Gasteiger partial charge in [0.25, 0.3) is 0 Å². The number of hydrogen-bond donors (Lipinski definition) is 1. The molecule has 1 aliphatic heterocycles. The lowest BCUT2D eigenvalue weighted by atomic mass is 9.75. The first kappa shape index (κ1) is 14.7. The summed E-state index contributed by atoms with van der Waals surface area (Å²) in [6, 6.07) is 0. The molecule has 1 aliphatic carbocycles. The van der Waals surface area contributed by atoms with E-state index in [9.17, 15) is 0 Å². The molecule has 0 amide bonds. The smallest absolute Gasteiger partial charge is 0.0702 e. The zero-order valence-corrected chi connectivity index (χ0v) is 12.8. The van der Waals surface area contributed by atoms with Crippen molar-refractivity contribution in [2.45, 2.75) is 58.0 Å². The Kier molecular flexibility index (Phi) is 5.84. The molecule has 0 spiro atoms. The van der Waals surface area contributed by atoms with Gasteiger partial charge in [-0.1, -0.05) is 26.2 Å². The minimum Gasteiger partial charge on any atom is -0.377 e. The molecule has 1 heterocycles. The Bertz CT molecular complexity index is 235. The summed E-state index contributed by atoms with van der Waals surface area (Å²) in [5.74, 6) is 1.05. The van der Waals surface area contributed by atoms with Crippen molar-refractivity contribution in [3.8, 4) is 0 Å². The van der Waals surface area contributed by atoms with Crippen molar-refractivity contribution in [3.63, 3.8) is 0 Å². The highest BCUT2D eigenvalue weighted by atomic mass is 32.1. The predicted molar refractivity (Wildman–Crippen MR) is 80.5 cm³/mol. The van der Waals surface area contributed by atoms with Crippen LogP contribution in [0.3, 0.4) is 0 Å². The first-order valence-corrected chi connectivity index (χ1v) is 8.36. The van der Waals surface area contributed by atoms with E-state index in [1.165, 1.54) is 51.5 Å². The van der Waals surface area contributed by atoms with E-state index in [0.29, 0.717) is 11.5 Å². The van der Waals surface area contributed by atoms with Crippen LogP contribution in [0.1, 0.15) is 51.9 Å². The monoisotopic (exact) mass is 271 g/mol. The van der Waals surface area contributed by atoms with E-state index in [1.807, 2.05) is 0 Å². The maximum atomic E-state index is 5.78. The highest BCUT2D eigenvalue weighted by molar-refractivity contribution is 7.80. The van der Waals surface area contributed by atoms with E-state index in [4.69, 9.17) is 4.74 Å². The molecular formula is C15H29NOS. The molecule has 1 unspecified atom stereocenters. The standard InChI is InChI=1S/C15H29NOS/c1-2-16(11-14-7-6-10-17-14)12-15(13-18)8-4-3-5-9-15/h14,18H,2-13H2,1H3. The molecule has 0 radical (unpaired) electrons. The van der Waals surface area contributed by atoms with Crippen molar-refractivity contribution in [2.24, 2.45) is 5.41 Å². The SMILES string of the molecule is CCN(CC1CCCO1)CC1(CS)CCCCC1. The highest BCUT2D eigenvalue weighted by Gasteiger charge is 2.33. The fourth-order valence-electron chi connectivity index (χ4n) is 3.52. The third kappa shape index (κ3) is 3.88. The van der Waals surface area contributed by atoms with Crippen LogP contribution in [-0.2, 0) is 4.74 Å². The van der Waals surface area contributed by atoms with Crippen molar-refractivity contribution >= 4 is 12.6 Å². The zero-order valence-electron chi connectivity index (χ0n) is 11.9. The van der Waals surface area contributed by atoms with Crippen LogP contribution in [0.15, 0.2) is 0 Å². The Balaban J connectivity index is 1.86. The molecule has 3 heteroatoms. The van der Waals surface area contributed by atoms with Crippen LogP contribution in [-0.4, -0.2) is 43.0 Å². The fourth-order valence-corrected chi connectivity index (χ4v) is 3.94. The van der Waals surface area contributed by atoms with Gasteiger partial charge < -0.3 is 9.64 Å². The topological polar surface area (TPSA) is 12.5 Å². The molecule has 0 N–H and O–H groups in total. The summed E-state index contributed by atoms with van der Waals surface area (Å²) in [5.41, 5.74) is 0.482. The second-order valence-corrected chi connectivity index (χ2v) is 6.50. The molecule has 0 aromatic heterocycles. The maximum Gasteiger partial charge on any atom is 0.0702 e. The number of nitrogens with zero attached hydrogens (tertiary/aromatic N) is 1. The van der Waals surface area contributed by atoms with Gasteiger partial charge in [0.1, 0.15) is 0 Å². The molecule has 1 atom stereocenters. The van der Waals surface area contributed by atoms with Crippen LogP contribution in [0.4, 0.5) is 0 Å². The van der Waals surface area contributed by atoms with Gasteiger partial charge >= 0.3 is 0 Å². The van der Waals surface area contributed by atoms with Crippen molar-refractivity contribution < 1.29 is 4.74 Å². The van der Waals surface area contributed by atoms with Crippen LogP contribution in [0, 0.1) is 5.41 Å². The minimum absolute atomic E-state index is 0.482. The van der Waals surface area contributed by atoms with Crippen molar-refractivity contribution in [3.05, 3.63) is 0 Å². The Morgan fingerprint density at radius 1 is 1.22 bits per heavy atom. The summed E-state index contributed by atoms with van der Waals surface area (Å²) < 4.78 is 5.78. The van der Waals surface area contributed by atoms with E-state index in [-0.39, 0.29) is 0 Å². The summed E-state index contributed by atoms with van der Waals surface area (Å²) in [5, 5.41) is 0. The Hall–Kier alpha value is 0.270. The predicted octanol–water partition coefficient (Wildman–Crippen LogP) is 3.37. The Labute approximate surface area is 118 Å². The summed E-state index contributed by atoms with van der Waals surface area (Å²) in [4.78, 5) is 2.61. The van der Waals surface area contributed by atoms with Crippen molar-refractivity contribution in [1.82, 2.24) is 4.90 Å². The fraction of sp³-hybridized carbons (Fsp3) is 1.00. The number of likely N-dealkylation sites (N-methyl/N-ethyl adjacent to an activating group) is 1. The Morgan fingerprint density at radius 2 is 2.00 bits per heavy atom. The molecule has 2 aliphatic rings. The first-order valence-electron chi connectivity index (χ1n) is 7.73. The maximum absolute atomic E-state index is 5.78. The molecule has 1 saturated carbocycles. The summed E-state index contributed by atoms with van der Waals surface area (Å²) in [6.07, 6.45) is 9.97. The summed E-state index contributed by atoms with van der Waals surface area (Å²) in [7, 11) is 0. The quantitative estimate of drug-likeness (QED) is 0.744. The van der Waals surface area contributed by atoms with Crippen molar-refractivity contribution in [1.29, 1.82) is 0 Å². The largest absolute Gasteiger partial charge is 0.377 e. The van der Waals surface area contributed by atoms with Crippen LogP contribution >= 0.6 is 12.6 Å². The van der Waals surface area contributed by atoms with Gasteiger partial charge in [0, 0.05) is 19.7 Å². The van der Waals surface area contributed by atoms with E-state index in [0.717, 1.165) is 25.4 Å². The normalized spacial score (nSPS) is 27.8. The number of thiol groups is 1. The summed E-state index contributed by atoms with van der Waals surface area (Å²) >= 11 is 4.65. The molecule has 0 aromatic rings. The molecule has 0 bridgehead atoms. The number of rotatable bonds is 6. The lowest BCUT2D eigenvalue weighted by molar-refractivity contribution is 0.0516. The van der Waals surface area contributed by atoms with Gasteiger partial charge in [0.2, 0.25) is 0 Å². The van der Waals surface area contributed by atoms with Crippen LogP contribution < -0.4 is 0 Å². The van der Waals surface area contributed by atoms with Crippen LogP contribution in [0.25, 0.3) is 0 Å². The zero-order chi connectivity index (χ0) is 12.8. The lowest BCUT2D eigenvalue weighted by Gasteiger charge is -2.40. The van der Waals surface area contributed by atoms with Gasteiger partial charge in [-0.25, -0.2) is 0 Å². The molecule has 0 aromatic carbocycles. The van der Waals surface area contributed by atoms with Gasteiger partial charge in [-0.15, -0.1) is 0 Å². The third-order valence-electron chi connectivity index (χ3n) is 4.74. The van der Waals surface area contributed by atoms with E-state index < -0.39 is 0 Å². The van der Waals surface area contributed by atoms with Gasteiger partial charge in [-0.3, -0.25) is 0 Å². The second kappa shape index (κ2) is 7.16. The number of ether oxygens (including phenoxy) is 1. The van der Waals surface area contributed by atoms with E-state index in [2.05, 4.69) is 24.5 Å². The molecule has 1 saturated heterocycles. The van der Waals surface area contributed by atoms with Gasteiger partial charge in [-0.2, -0.15) is 12.6 Å². The first-order chi connectivity index (χ1) is 8.78. The lowest BCUT2D eigenvalue weighted by Crippen LogP contribution is -2.43. The summed E-state index contributed by atoms with van der Waals surface area (Å²) in [6.45, 7) is 6.76. The van der Waals surface area contributed by atoms with Crippen molar-refractivity contribution in [2.75, 3.05) is 32.0 Å². The van der Waals surface area contributed by atoms with Crippen LogP contribution in [0.2, 0.25) is 0 Å².